The van der Waals surface area contributed by atoms with Crippen molar-refractivity contribution >= 4 is 21.6 Å². The molecule has 92 valence electrons. The van der Waals surface area contributed by atoms with Crippen LogP contribution >= 0.6 is 15.9 Å². The number of benzene rings is 1. The van der Waals surface area contributed by atoms with Gasteiger partial charge in [-0.2, -0.15) is 0 Å². The SMILES string of the molecule is Cc1cc(C)c(N2C=CN(CCBr)C2)c(C)c1. The number of halogens is 1. The van der Waals surface area contributed by atoms with Gasteiger partial charge in [0.25, 0.3) is 0 Å². The molecular formula is C14H19BrN2. The van der Waals surface area contributed by atoms with Gasteiger partial charge in [-0.05, 0) is 31.9 Å². The van der Waals surface area contributed by atoms with Crippen molar-refractivity contribution in [2.75, 3.05) is 23.4 Å². The Balaban J connectivity index is 2.22. The van der Waals surface area contributed by atoms with E-state index in [-0.39, 0.29) is 0 Å². The first-order chi connectivity index (χ1) is 8.11. The van der Waals surface area contributed by atoms with E-state index >= 15 is 0 Å². The van der Waals surface area contributed by atoms with Crippen LogP contribution in [-0.4, -0.2) is 23.4 Å². The summed E-state index contributed by atoms with van der Waals surface area (Å²) in [5.41, 5.74) is 5.40. The quantitative estimate of drug-likeness (QED) is 0.787. The van der Waals surface area contributed by atoms with Gasteiger partial charge in [0.2, 0.25) is 0 Å². The van der Waals surface area contributed by atoms with E-state index < -0.39 is 0 Å². The van der Waals surface area contributed by atoms with Crippen molar-refractivity contribution in [2.24, 2.45) is 0 Å². The Kier molecular flexibility index (Phi) is 3.77. The number of hydrogen-bond donors (Lipinski definition) is 0. The molecule has 0 saturated carbocycles. The minimum atomic E-state index is 0.955. The third-order valence-corrected chi connectivity index (χ3v) is 3.44. The molecule has 0 N–H and O–H groups in total. The predicted octanol–water partition coefficient (Wildman–Crippen LogP) is 3.56. The number of hydrogen-bond acceptors (Lipinski definition) is 2. The predicted molar refractivity (Wildman–Crippen MR) is 77.6 cm³/mol. The highest BCUT2D eigenvalue weighted by Crippen LogP contribution is 2.28. The van der Waals surface area contributed by atoms with E-state index in [1.807, 2.05) is 0 Å². The van der Waals surface area contributed by atoms with Crippen molar-refractivity contribution in [2.45, 2.75) is 20.8 Å². The normalized spacial score (nSPS) is 14.8. The van der Waals surface area contributed by atoms with Crippen LogP contribution in [0.25, 0.3) is 0 Å². The molecule has 1 aromatic rings. The fourth-order valence-electron chi connectivity index (χ4n) is 2.49. The number of nitrogens with zero attached hydrogens (tertiary/aromatic N) is 2. The first kappa shape index (κ1) is 12.5. The standard InChI is InChI=1S/C14H19BrN2/c1-11-8-12(2)14(13(3)9-11)17-7-6-16(10-17)5-4-15/h6-9H,4-5,10H2,1-3H3. The zero-order chi connectivity index (χ0) is 12.4. The van der Waals surface area contributed by atoms with E-state index in [9.17, 15) is 0 Å². The van der Waals surface area contributed by atoms with Crippen molar-refractivity contribution < 1.29 is 0 Å². The number of rotatable bonds is 3. The summed E-state index contributed by atoms with van der Waals surface area (Å²) < 4.78 is 0. The van der Waals surface area contributed by atoms with Gasteiger partial charge in [-0.15, -0.1) is 0 Å². The van der Waals surface area contributed by atoms with Crippen molar-refractivity contribution in [3.63, 3.8) is 0 Å². The van der Waals surface area contributed by atoms with Crippen LogP contribution in [-0.2, 0) is 0 Å². The van der Waals surface area contributed by atoms with Gasteiger partial charge in [0.15, 0.2) is 0 Å². The van der Waals surface area contributed by atoms with Gasteiger partial charge >= 0.3 is 0 Å². The summed E-state index contributed by atoms with van der Waals surface area (Å²) in [6.07, 6.45) is 4.34. The molecule has 0 amide bonds. The summed E-state index contributed by atoms with van der Waals surface area (Å²) in [5, 5.41) is 1.01. The second-order valence-electron chi connectivity index (χ2n) is 4.66. The van der Waals surface area contributed by atoms with Crippen molar-refractivity contribution in [3.8, 4) is 0 Å². The summed E-state index contributed by atoms with van der Waals surface area (Å²) in [6, 6.07) is 4.51. The molecule has 17 heavy (non-hydrogen) atoms. The lowest BCUT2D eigenvalue weighted by molar-refractivity contribution is 0.434. The molecule has 0 aliphatic carbocycles. The molecule has 1 aliphatic rings. The summed E-state index contributed by atoms with van der Waals surface area (Å²) >= 11 is 3.48. The Morgan fingerprint density at radius 3 is 2.35 bits per heavy atom. The van der Waals surface area contributed by atoms with Gasteiger partial charge < -0.3 is 9.80 Å². The van der Waals surface area contributed by atoms with Crippen molar-refractivity contribution in [1.82, 2.24) is 4.90 Å². The van der Waals surface area contributed by atoms with E-state index in [1.165, 1.54) is 22.4 Å². The highest BCUT2D eigenvalue weighted by Gasteiger charge is 2.16. The second kappa shape index (κ2) is 5.13. The zero-order valence-corrected chi connectivity index (χ0v) is 12.3. The Bertz CT molecular complexity index is 417. The number of anilines is 1. The van der Waals surface area contributed by atoms with Gasteiger partial charge in [0, 0.05) is 30.0 Å². The van der Waals surface area contributed by atoms with Crippen LogP contribution in [0.4, 0.5) is 5.69 Å². The lowest BCUT2D eigenvalue weighted by atomic mass is 10.0. The smallest absolute Gasteiger partial charge is 0.0942 e. The van der Waals surface area contributed by atoms with Crippen LogP contribution in [0.1, 0.15) is 16.7 Å². The molecule has 1 heterocycles. The van der Waals surface area contributed by atoms with Crippen molar-refractivity contribution in [1.29, 1.82) is 0 Å². The Labute approximate surface area is 112 Å². The van der Waals surface area contributed by atoms with Gasteiger partial charge in [-0.1, -0.05) is 33.6 Å². The van der Waals surface area contributed by atoms with Crippen LogP contribution < -0.4 is 4.90 Å². The number of alkyl halides is 1. The Morgan fingerprint density at radius 1 is 1.12 bits per heavy atom. The van der Waals surface area contributed by atoms with Crippen LogP contribution in [0.2, 0.25) is 0 Å². The molecule has 0 aromatic heterocycles. The van der Waals surface area contributed by atoms with E-state index in [0.29, 0.717) is 0 Å². The highest BCUT2D eigenvalue weighted by atomic mass is 79.9. The van der Waals surface area contributed by atoms with E-state index in [4.69, 9.17) is 0 Å². The molecule has 1 aliphatic heterocycles. The van der Waals surface area contributed by atoms with Crippen LogP contribution in [0.3, 0.4) is 0 Å². The monoisotopic (exact) mass is 294 g/mol. The fourth-order valence-corrected chi connectivity index (χ4v) is 2.94. The lowest BCUT2D eigenvalue weighted by Gasteiger charge is -2.24. The van der Waals surface area contributed by atoms with E-state index in [2.05, 4.69) is 71.0 Å². The molecule has 0 fully saturated rings. The molecule has 0 bridgehead atoms. The third kappa shape index (κ3) is 2.65. The van der Waals surface area contributed by atoms with Gasteiger partial charge in [0.1, 0.15) is 0 Å². The van der Waals surface area contributed by atoms with Gasteiger partial charge in [0.05, 0.1) is 6.67 Å². The largest absolute Gasteiger partial charge is 0.357 e. The molecule has 0 unspecified atom stereocenters. The van der Waals surface area contributed by atoms with Gasteiger partial charge in [-0.3, -0.25) is 0 Å². The maximum absolute atomic E-state index is 3.48. The average molecular weight is 295 g/mol. The molecule has 2 rings (SSSR count). The zero-order valence-electron chi connectivity index (χ0n) is 10.7. The van der Waals surface area contributed by atoms with Crippen LogP contribution in [0, 0.1) is 20.8 Å². The summed E-state index contributed by atoms with van der Waals surface area (Å²) in [7, 11) is 0. The highest BCUT2D eigenvalue weighted by molar-refractivity contribution is 9.09. The van der Waals surface area contributed by atoms with Crippen molar-refractivity contribution in [3.05, 3.63) is 41.2 Å². The molecule has 0 saturated heterocycles. The molecule has 2 nitrogen and oxygen atoms in total. The minimum absolute atomic E-state index is 0.955. The molecular weight excluding hydrogens is 276 g/mol. The third-order valence-electron chi connectivity index (χ3n) is 3.09. The Hall–Kier alpha value is -0.960. The van der Waals surface area contributed by atoms with E-state index in [0.717, 1.165) is 18.5 Å². The van der Waals surface area contributed by atoms with Gasteiger partial charge in [-0.25, -0.2) is 0 Å². The summed E-state index contributed by atoms with van der Waals surface area (Å²) in [4.78, 5) is 4.64. The maximum Gasteiger partial charge on any atom is 0.0942 e. The molecule has 3 heteroatoms. The molecule has 0 spiro atoms. The topological polar surface area (TPSA) is 6.48 Å². The maximum atomic E-state index is 3.48. The Morgan fingerprint density at radius 2 is 1.76 bits per heavy atom. The fraction of sp³-hybridized carbons (Fsp3) is 0.429. The van der Waals surface area contributed by atoms with Crippen LogP contribution in [0.15, 0.2) is 24.5 Å². The lowest BCUT2D eigenvalue weighted by Crippen LogP contribution is -2.27. The summed E-state index contributed by atoms with van der Waals surface area (Å²) in [5.74, 6) is 0. The molecule has 0 atom stereocenters. The molecule has 0 radical (unpaired) electrons. The second-order valence-corrected chi connectivity index (χ2v) is 5.45. The number of aryl methyl sites for hydroxylation is 3. The minimum Gasteiger partial charge on any atom is -0.357 e. The average Bonchev–Trinajstić information content (AvgIpc) is 2.65. The van der Waals surface area contributed by atoms with Crippen LogP contribution in [0.5, 0.6) is 0 Å². The molecule has 1 aromatic carbocycles. The van der Waals surface area contributed by atoms with E-state index in [1.54, 1.807) is 0 Å². The first-order valence-electron chi connectivity index (χ1n) is 5.94. The first-order valence-corrected chi connectivity index (χ1v) is 7.07. The summed E-state index contributed by atoms with van der Waals surface area (Å²) in [6.45, 7) is 8.54.